The Morgan fingerprint density at radius 3 is 2.46 bits per heavy atom. The summed E-state index contributed by atoms with van der Waals surface area (Å²) in [5, 5.41) is 33.6. The molecule has 2 aromatic rings. The van der Waals surface area contributed by atoms with Crippen molar-refractivity contribution in [1.82, 2.24) is 5.32 Å². The molecule has 138 valence electrons. The zero-order chi connectivity index (χ0) is 18.9. The maximum absolute atomic E-state index is 11.6. The van der Waals surface area contributed by atoms with Gasteiger partial charge in [-0.1, -0.05) is 42.5 Å². The Labute approximate surface area is 150 Å². The third kappa shape index (κ3) is 5.54. The van der Waals surface area contributed by atoms with Crippen LogP contribution in [0.2, 0.25) is 0 Å². The number of aliphatic hydroxyl groups excluding tert-OH is 2. The molecule has 0 saturated heterocycles. The van der Waals surface area contributed by atoms with Crippen LogP contribution in [0.4, 0.5) is 10.5 Å². The number of hydrogen-bond acceptors (Lipinski definition) is 6. The quantitative estimate of drug-likeness (QED) is 0.490. The minimum absolute atomic E-state index is 0.00759. The average Bonchev–Trinajstić information content (AvgIpc) is 2.66. The van der Waals surface area contributed by atoms with Crippen LogP contribution >= 0.6 is 0 Å². The van der Waals surface area contributed by atoms with Crippen LogP contribution in [0.25, 0.3) is 0 Å². The number of carbonyl (C=O) groups is 1. The van der Waals surface area contributed by atoms with E-state index in [2.05, 4.69) is 5.32 Å². The van der Waals surface area contributed by atoms with Gasteiger partial charge >= 0.3 is 6.09 Å². The van der Waals surface area contributed by atoms with Crippen molar-refractivity contribution in [1.29, 1.82) is 0 Å². The number of nitrogens with zero attached hydrogens (tertiary/aromatic N) is 1. The largest absolute Gasteiger partial charge is 0.445 e. The Bertz CT molecular complexity index is 737. The maximum atomic E-state index is 11.6. The number of alkyl carbamates (subject to hydrolysis) is 1. The highest BCUT2D eigenvalue weighted by Crippen LogP contribution is 2.27. The summed E-state index contributed by atoms with van der Waals surface area (Å²) in [6, 6.07) is 14.8. The zero-order valence-electron chi connectivity index (χ0n) is 13.9. The van der Waals surface area contributed by atoms with E-state index in [9.17, 15) is 25.1 Å². The topological polar surface area (TPSA) is 122 Å². The molecule has 0 bridgehead atoms. The first-order valence-corrected chi connectivity index (χ1v) is 8.03. The molecular formula is C18H20N2O6. The van der Waals surface area contributed by atoms with E-state index in [0.717, 1.165) is 5.56 Å². The molecule has 0 aromatic heterocycles. The van der Waals surface area contributed by atoms with Gasteiger partial charge in [-0.05, 0) is 18.1 Å². The molecule has 2 aromatic carbocycles. The van der Waals surface area contributed by atoms with E-state index in [-0.39, 0.29) is 30.8 Å². The van der Waals surface area contributed by atoms with Gasteiger partial charge in [0.2, 0.25) is 0 Å². The molecule has 8 nitrogen and oxygen atoms in total. The number of aliphatic hydroxyl groups is 2. The molecule has 2 rings (SSSR count). The third-order valence-electron chi connectivity index (χ3n) is 3.74. The van der Waals surface area contributed by atoms with Gasteiger partial charge in [-0.2, -0.15) is 0 Å². The number of benzene rings is 2. The Kier molecular flexibility index (Phi) is 7.07. The molecule has 0 heterocycles. The third-order valence-corrected chi connectivity index (χ3v) is 3.74. The van der Waals surface area contributed by atoms with Crippen LogP contribution < -0.4 is 5.32 Å². The molecule has 1 amide bonds. The summed E-state index contributed by atoms with van der Waals surface area (Å²) < 4.78 is 5.02. The van der Waals surface area contributed by atoms with Gasteiger partial charge < -0.3 is 20.3 Å². The number of rotatable bonds is 8. The molecule has 0 saturated carbocycles. The number of ether oxygens (including phenoxy) is 1. The number of nitro groups is 1. The second kappa shape index (κ2) is 9.50. The number of nitro benzene ring substituents is 1. The molecule has 0 spiro atoms. The number of para-hydroxylation sites is 1. The first-order chi connectivity index (χ1) is 12.5. The van der Waals surface area contributed by atoms with Crippen molar-refractivity contribution in [2.75, 3.05) is 6.54 Å². The van der Waals surface area contributed by atoms with Gasteiger partial charge in [-0.15, -0.1) is 0 Å². The van der Waals surface area contributed by atoms with Gasteiger partial charge in [-0.3, -0.25) is 10.1 Å². The summed E-state index contributed by atoms with van der Waals surface area (Å²) in [7, 11) is 0. The molecule has 26 heavy (non-hydrogen) atoms. The molecule has 2 unspecified atom stereocenters. The molecule has 0 aliphatic heterocycles. The van der Waals surface area contributed by atoms with Crippen LogP contribution in [0.3, 0.4) is 0 Å². The predicted molar refractivity (Wildman–Crippen MR) is 93.3 cm³/mol. The van der Waals surface area contributed by atoms with E-state index in [1.54, 1.807) is 0 Å². The number of nitrogens with one attached hydrogen (secondary N) is 1. The van der Waals surface area contributed by atoms with Crippen LogP contribution in [0, 0.1) is 10.1 Å². The molecule has 8 heteroatoms. The second-order valence-corrected chi connectivity index (χ2v) is 5.61. The summed E-state index contributed by atoms with van der Waals surface area (Å²) in [5.74, 6) is 0. The maximum Gasteiger partial charge on any atom is 0.407 e. The lowest BCUT2D eigenvalue weighted by Gasteiger charge is -2.18. The van der Waals surface area contributed by atoms with Crippen molar-refractivity contribution in [2.24, 2.45) is 0 Å². The summed E-state index contributed by atoms with van der Waals surface area (Å²) in [4.78, 5) is 22.0. The van der Waals surface area contributed by atoms with Crippen LogP contribution in [0.15, 0.2) is 54.6 Å². The Morgan fingerprint density at radius 1 is 1.12 bits per heavy atom. The minimum Gasteiger partial charge on any atom is -0.445 e. The van der Waals surface area contributed by atoms with Gasteiger partial charge in [0.15, 0.2) is 0 Å². The predicted octanol–water partition coefficient (Wildman–Crippen LogP) is 2.31. The van der Waals surface area contributed by atoms with Crippen molar-refractivity contribution in [2.45, 2.75) is 25.2 Å². The first kappa shape index (κ1) is 19.4. The van der Waals surface area contributed by atoms with E-state index in [1.807, 2.05) is 30.3 Å². The Hall–Kier alpha value is -2.97. The van der Waals surface area contributed by atoms with Crippen molar-refractivity contribution in [3.63, 3.8) is 0 Å². The van der Waals surface area contributed by atoms with Crippen molar-refractivity contribution in [3.05, 3.63) is 75.8 Å². The highest BCUT2D eigenvalue weighted by atomic mass is 16.6. The molecule has 0 radical (unpaired) electrons. The number of amides is 1. The molecule has 0 aliphatic carbocycles. The van der Waals surface area contributed by atoms with Gasteiger partial charge in [0.25, 0.3) is 5.69 Å². The highest BCUT2D eigenvalue weighted by Gasteiger charge is 2.25. The number of hydrogen-bond donors (Lipinski definition) is 3. The monoisotopic (exact) mass is 360 g/mol. The lowest BCUT2D eigenvalue weighted by atomic mass is 10.0. The van der Waals surface area contributed by atoms with Gasteiger partial charge in [0.1, 0.15) is 12.7 Å². The standard InChI is InChI=1S/C18H20N2O6/c21-16(17(22)14-8-4-5-9-15(14)20(24)25)10-11-19-18(23)26-12-13-6-2-1-3-7-13/h1-9,16-17,21-22H,10-12H2,(H,19,23). The molecule has 2 atom stereocenters. The highest BCUT2D eigenvalue weighted by molar-refractivity contribution is 5.67. The van der Waals surface area contributed by atoms with E-state index in [4.69, 9.17) is 4.74 Å². The lowest BCUT2D eigenvalue weighted by Crippen LogP contribution is -2.30. The fraction of sp³-hybridized carbons (Fsp3) is 0.278. The number of carbonyl (C=O) groups excluding carboxylic acids is 1. The summed E-state index contributed by atoms with van der Waals surface area (Å²) in [6.07, 6.45) is -3.35. The van der Waals surface area contributed by atoms with Crippen molar-refractivity contribution in [3.8, 4) is 0 Å². The van der Waals surface area contributed by atoms with E-state index in [0.29, 0.717) is 0 Å². The molecular weight excluding hydrogens is 340 g/mol. The summed E-state index contributed by atoms with van der Waals surface area (Å²) in [5.41, 5.74) is 0.598. The fourth-order valence-electron chi connectivity index (χ4n) is 2.37. The van der Waals surface area contributed by atoms with E-state index >= 15 is 0 Å². The van der Waals surface area contributed by atoms with Crippen LogP contribution in [0.1, 0.15) is 23.7 Å². The smallest absolute Gasteiger partial charge is 0.407 e. The van der Waals surface area contributed by atoms with E-state index < -0.39 is 23.2 Å². The lowest BCUT2D eigenvalue weighted by molar-refractivity contribution is -0.386. The van der Waals surface area contributed by atoms with Crippen LogP contribution in [0.5, 0.6) is 0 Å². The van der Waals surface area contributed by atoms with Crippen molar-refractivity contribution < 1.29 is 24.7 Å². The molecule has 3 N–H and O–H groups in total. The normalized spacial score (nSPS) is 12.8. The van der Waals surface area contributed by atoms with Gasteiger partial charge in [0.05, 0.1) is 16.6 Å². The average molecular weight is 360 g/mol. The van der Waals surface area contributed by atoms with Crippen LogP contribution in [-0.4, -0.2) is 33.9 Å². The second-order valence-electron chi connectivity index (χ2n) is 5.61. The van der Waals surface area contributed by atoms with Crippen molar-refractivity contribution >= 4 is 11.8 Å². The first-order valence-electron chi connectivity index (χ1n) is 8.03. The molecule has 0 aliphatic rings. The fourth-order valence-corrected chi connectivity index (χ4v) is 2.37. The van der Waals surface area contributed by atoms with Crippen LogP contribution in [-0.2, 0) is 11.3 Å². The summed E-state index contributed by atoms with van der Waals surface area (Å²) in [6.45, 7) is 0.167. The SMILES string of the molecule is O=C(NCCC(O)C(O)c1ccccc1[N+](=O)[O-])OCc1ccccc1. The zero-order valence-corrected chi connectivity index (χ0v) is 13.9. The minimum atomic E-state index is -1.43. The Balaban J connectivity index is 1.78. The van der Waals surface area contributed by atoms with Gasteiger partial charge in [0, 0.05) is 12.6 Å². The van der Waals surface area contributed by atoms with Gasteiger partial charge in [-0.25, -0.2) is 4.79 Å². The molecule has 0 fully saturated rings. The Morgan fingerprint density at radius 2 is 1.77 bits per heavy atom. The van der Waals surface area contributed by atoms with E-state index in [1.165, 1.54) is 24.3 Å². The summed E-state index contributed by atoms with van der Waals surface area (Å²) >= 11 is 0.